The van der Waals surface area contributed by atoms with E-state index in [1.165, 1.54) is 12.1 Å². The summed E-state index contributed by atoms with van der Waals surface area (Å²) in [7, 11) is 0. The Balaban J connectivity index is 1.95. The molecule has 2 N–H and O–H groups in total. The van der Waals surface area contributed by atoms with Crippen LogP contribution in [-0.2, 0) is 6.18 Å². The number of hydrogen-bond acceptors (Lipinski definition) is 7. The SMILES string of the molecule is O=C(NCCNc1ccc(C(F)(F)F)cc1[N+](=O)[O-])c1ccc([N+](=O)[O-])s1. The van der Waals surface area contributed by atoms with Gasteiger partial charge in [0.1, 0.15) is 5.69 Å². The fraction of sp³-hybridized carbons (Fsp3) is 0.214. The third kappa shape index (κ3) is 5.13. The molecule has 0 bridgehead atoms. The third-order valence-corrected chi connectivity index (χ3v) is 4.28. The van der Waals surface area contributed by atoms with Crippen LogP contribution in [0.1, 0.15) is 15.2 Å². The Bertz CT molecular complexity index is 884. The molecule has 2 aromatic rings. The maximum absolute atomic E-state index is 12.6. The molecule has 1 aromatic carbocycles. The van der Waals surface area contributed by atoms with E-state index in [1.54, 1.807) is 0 Å². The monoisotopic (exact) mass is 404 g/mol. The highest BCUT2D eigenvalue weighted by atomic mass is 32.1. The molecular formula is C14H11F3N4O5S. The van der Waals surface area contributed by atoms with Crippen molar-refractivity contribution in [1.29, 1.82) is 0 Å². The van der Waals surface area contributed by atoms with Gasteiger partial charge in [0.15, 0.2) is 0 Å². The maximum atomic E-state index is 12.6. The van der Waals surface area contributed by atoms with Gasteiger partial charge in [-0.1, -0.05) is 11.3 Å². The Kier molecular flexibility index (Phi) is 5.95. The van der Waals surface area contributed by atoms with Gasteiger partial charge in [-0.2, -0.15) is 13.2 Å². The maximum Gasteiger partial charge on any atom is 0.416 e. The summed E-state index contributed by atoms with van der Waals surface area (Å²) in [4.78, 5) is 31.9. The number of nitrogens with zero attached hydrogens (tertiary/aromatic N) is 2. The summed E-state index contributed by atoms with van der Waals surface area (Å²) in [6.45, 7) is -0.0197. The summed E-state index contributed by atoms with van der Waals surface area (Å²) in [5.41, 5.74) is -2.02. The van der Waals surface area contributed by atoms with E-state index in [9.17, 15) is 38.2 Å². The van der Waals surface area contributed by atoms with Crippen LogP contribution in [-0.4, -0.2) is 28.8 Å². The summed E-state index contributed by atoms with van der Waals surface area (Å²) in [6, 6.07) is 4.53. The second-order valence-corrected chi connectivity index (χ2v) is 6.13. The van der Waals surface area contributed by atoms with Gasteiger partial charge in [0.25, 0.3) is 11.6 Å². The number of alkyl halides is 3. The molecule has 0 fully saturated rings. The van der Waals surface area contributed by atoms with Crippen LogP contribution in [0.2, 0.25) is 0 Å². The van der Waals surface area contributed by atoms with Gasteiger partial charge >= 0.3 is 11.2 Å². The molecule has 13 heteroatoms. The molecule has 0 atom stereocenters. The highest BCUT2D eigenvalue weighted by Gasteiger charge is 2.33. The average molecular weight is 404 g/mol. The van der Waals surface area contributed by atoms with Crippen LogP contribution in [0.25, 0.3) is 0 Å². The first-order chi connectivity index (χ1) is 12.6. The van der Waals surface area contributed by atoms with E-state index in [2.05, 4.69) is 10.6 Å². The van der Waals surface area contributed by atoms with Gasteiger partial charge in [-0.15, -0.1) is 0 Å². The number of rotatable bonds is 7. The number of halogens is 3. The Morgan fingerprint density at radius 1 is 1.07 bits per heavy atom. The van der Waals surface area contributed by atoms with Crippen LogP contribution in [0.15, 0.2) is 30.3 Å². The van der Waals surface area contributed by atoms with Gasteiger partial charge < -0.3 is 10.6 Å². The number of nitro groups is 2. The van der Waals surface area contributed by atoms with Crippen LogP contribution < -0.4 is 10.6 Å². The van der Waals surface area contributed by atoms with Crippen LogP contribution in [0.5, 0.6) is 0 Å². The van der Waals surface area contributed by atoms with Crippen molar-refractivity contribution >= 4 is 33.6 Å². The van der Waals surface area contributed by atoms with Crippen LogP contribution in [0, 0.1) is 20.2 Å². The molecule has 2 rings (SSSR count). The minimum Gasteiger partial charge on any atom is -0.378 e. The highest BCUT2D eigenvalue weighted by molar-refractivity contribution is 7.17. The zero-order valence-electron chi connectivity index (χ0n) is 13.3. The standard InChI is InChI=1S/C14H11F3N4O5S/c15-14(16,17)8-1-2-9(10(7-8)20(23)24)18-5-6-19-13(22)11-3-4-12(27-11)21(25)26/h1-4,7,18H,5-6H2,(H,19,22). The minimum atomic E-state index is -4.71. The smallest absolute Gasteiger partial charge is 0.378 e. The zero-order chi connectivity index (χ0) is 20.2. The topological polar surface area (TPSA) is 127 Å². The first-order valence-corrected chi connectivity index (χ1v) is 8.03. The number of thiophene rings is 1. The fourth-order valence-electron chi connectivity index (χ4n) is 2.02. The van der Waals surface area contributed by atoms with Crippen molar-refractivity contribution in [2.75, 3.05) is 18.4 Å². The summed E-state index contributed by atoms with van der Waals surface area (Å²) >= 11 is 0.686. The van der Waals surface area contributed by atoms with Crippen molar-refractivity contribution in [2.45, 2.75) is 6.18 Å². The minimum absolute atomic E-state index is 0.00852. The number of hydrogen-bond donors (Lipinski definition) is 2. The largest absolute Gasteiger partial charge is 0.416 e. The number of carbonyl (C=O) groups excluding carboxylic acids is 1. The third-order valence-electron chi connectivity index (χ3n) is 3.24. The molecule has 0 aliphatic rings. The Labute approximate surface area is 153 Å². The molecule has 144 valence electrons. The summed E-state index contributed by atoms with van der Waals surface area (Å²) in [6.07, 6.45) is -4.71. The molecule has 0 saturated heterocycles. The Morgan fingerprint density at radius 3 is 2.33 bits per heavy atom. The van der Waals surface area contributed by atoms with E-state index < -0.39 is 33.2 Å². The van der Waals surface area contributed by atoms with Crippen molar-refractivity contribution in [2.24, 2.45) is 0 Å². The van der Waals surface area contributed by atoms with E-state index in [4.69, 9.17) is 0 Å². The lowest BCUT2D eigenvalue weighted by Gasteiger charge is -2.11. The van der Waals surface area contributed by atoms with E-state index in [0.29, 0.717) is 23.5 Å². The first kappa shape index (κ1) is 20.1. The van der Waals surface area contributed by atoms with Gasteiger partial charge in [0.05, 0.1) is 20.3 Å². The Hall–Kier alpha value is -3.22. The molecule has 0 unspecified atom stereocenters. The molecular weight excluding hydrogens is 393 g/mol. The molecule has 27 heavy (non-hydrogen) atoms. The van der Waals surface area contributed by atoms with E-state index in [1.807, 2.05) is 0 Å². The fourth-order valence-corrected chi connectivity index (χ4v) is 2.75. The zero-order valence-corrected chi connectivity index (χ0v) is 14.1. The lowest BCUT2D eigenvalue weighted by molar-refractivity contribution is -0.384. The van der Waals surface area contributed by atoms with Crippen molar-refractivity contribution in [3.8, 4) is 0 Å². The average Bonchev–Trinajstić information content (AvgIpc) is 3.08. The normalized spacial score (nSPS) is 11.1. The predicted molar refractivity (Wildman–Crippen MR) is 89.9 cm³/mol. The predicted octanol–water partition coefficient (Wildman–Crippen LogP) is 3.43. The lowest BCUT2D eigenvalue weighted by atomic mass is 10.1. The molecule has 0 aliphatic heterocycles. The van der Waals surface area contributed by atoms with Crippen molar-refractivity contribution in [3.05, 3.63) is 61.0 Å². The molecule has 1 heterocycles. The Morgan fingerprint density at radius 2 is 1.78 bits per heavy atom. The number of carbonyl (C=O) groups is 1. The molecule has 1 aromatic heterocycles. The summed E-state index contributed by atoms with van der Waals surface area (Å²) in [5, 5.41) is 26.4. The van der Waals surface area contributed by atoms with Gasteiger partial charge in [-0.25, -0.2) is 0 Å². The van der Waals surface area contributed by atoms with Gasteiger partial charge in [0.2, 0.25) is 0 Å². The highest BCUT2D eigenvalue weighted by Crippen LogP contribution is 2.34. The second-order valence-electron chi connectivity index (χ2n) is 5.06. The summed E-state index contributed by atoms with van der Waals surface area (Å²) < 4.78 is 37.9. The number of nitro benzene ring substituents is 1. The van der Waals surface area contributed by atoms with Crippen molar-refractivity contribution in [3.63, 3.8) is 0 Å². The van der Waals surface area contributed by atoms with Gasteiger partial charge in [-0.3, -0.25) is 25.0 Å². The molecule has 0 spiro atoms. The second kappa shape index (κ2) is 7.99. The quantitative estimate of drug-likeness (QED) is 0.413. The lowest BCUT2D eigenvalue weighted by Crippen LogP contribution is -2.28. The summed E-state index contributed by atoms with van der Waals surface area (Å²) in [5.74, 6) is -0.572. The van der Waals surface area contributed by atoms with Gasteiger partial charge in [-0.05, 0) is 18.2 Å². The van der Waals surface area contributed by atoms with E-state index in [0.717, 1.165) is 6.07 Å². The number of amides is 1. The van der Waals surface area contributed by atoms with Crippen molar-refractivity contribution < 1.29 is 27.8 Å². The van der Waals surface area contributed by atoms with Crippen LogP contribution >= 0.6 is 11.3 Å². The molecule has 0 aliphatic carbocycles. The number of benzene rings is 1. The van der Waals surface area contributed by atoms with Crippen LogP contribution in [0.4, 0.5) is 29.5 Å². The number of nitrogens with one attached hydrogen (secondary N) is 2. The molecule has 0 radical (unpaired) electrons. The molecule has 0 saturated carbocycles. The molecule has 1 amide bonds. The first-order valence-electron chi connectivity index (χ1n) is 7.21. The number of anilines is 1. The van der Waals surface area contributed by atoms with Crippen LogP contribution in [0.3, 0.4) is 0 Å². The molecule has 9 nitrogen and oxygen atoms in total. The van der Waals surface area contributed by atoms with Gasteiger partial charge in [0, 0.05) is 25.2 Å². The van der Waals surface area contributed by atoms with E-state index >= 15 is 0 Å². The van der Waals surface area contributed by atoms with Crippen molar-refractivity contribution in [1.82, 2.24) is 5.32 Å². The van der Waals surface area contributed by atoms with E-state index in [-0.39, 0.29) is 28.7 Å².